The fourth-order valence-electron chi connectivity index (χ4n) is 2.46. The molecule has 1 aliphatic heterocycles. The first kappa shape index (κ1) is 14.7. The molecule has 1 unspecified atom stereocenters. The summed E-state index contributed by atoms with van der Waals surface area (Å²) in [4.78, 5) is 27.1. The summed E-state index contributed by atoms with van der Waals surface area (Å²) >= 11 is 0. The molecule has 23 heavy (non-hydrogen) atoms. The van der Waals surface area contributed by atoms with Gasteiger partial charge in [-0.05, 0) is 29.8 Å². The quantitative estimate of drug-likeness (QED) is 0.693. The fourth-order valence-corrected chi connectivity index (χ4v) is 2.46. The minimum absolute atomic E-state index is 0.228. The largest absolute Gasteiger partial charge is 0.502 e. The number of methoxy groups -OCH3 is 1. The summed E-state index contributed by atoms with van der Waals surface area (Å²) in [5, 5.41) is 20.4. The van der Waals surface area contributed by atoms with Crippen molar-refractivity contribution >= 4 is 23.4 Å². The summed E-state index contributed by atoms with van der Waals surface area (Å²) in [7, 11) is 1.50. The molecule has 0 aliphatic carbocycles. The van der Waals surface area contributed by atoms with E-state index in [0.29, 0.717) is 22.6 Å². The molecule has 0 radical (unpaired) electrons. The number of nitro groups is 1. The van der Waals surface area contributed by atoms with Gasteiger partial charge in [0.15, 0.2) is 11.5 Å². The van der Waals surface area contributed by atoms with Gasteiger partial charge in [-0.25, -0.2) is 0 Å². The molecule has 0 aromatic heterocycles. The molecule has 0 fully saturated rings. The number of nitrogens with zero attached hydrogens (tertiary/aromatic N) is 2. The van der Waals surface area contributed by atoms with Crippen LogP contribution >= 0.6 is 0 Å². The molecule has 0 amide bonds. The molecule has 1 aliphatic rings. The number of fused-ring (bicyclic) bond motifs is 1. The number of carbonyl (C=O) groups is 1. The number of phenolic OH excluding ortho intramolecular Hbond substituents is 1. The monoisotopic (exact) mass is 312 g/mol. The van der Waals surface area contributed by atoms with Gasteiger partial charge in [0.05, 0.1) is 23.6 Å². The van der Waals surface area contributed by atoms with Gasteiger partial charge in [0.2, 0.25) is 0 Å². The molecular weight excluding hydrogens is 300 g/mol. The highest BCUT2D eigenvalue weighted by Crippen LogP contribution is 2.36. The second kappa shape index (κ2) is 5.53. The predicted octanol–water partition coefficient (Wildman–Crippen LogP) is 2.99. The standard InChI is InChI=1S/C16H12N2O5/c1-23-10-3-4-13-11(7-10)16(20)12(8-17-13)9-2-5-15(19)14(6-9)18(21)22/h2-8,12,19H,1H3. The number of ether oxygens (including phenoxy) is 1. The van der Waals surface area contributed by atoms with Crippen LogP contribution in [0.5, 0.6) is 11.5 Å². The van der Waals surface area contributed by atoms with Crippen molar-refractivity contribution < 1.29 is 19.6 Å². The Labute approximate surface area is 131 Å². The first-order valence-electron chi connectivity index (χ1n) is 6.75. The lowest BCUT2D eigenvalue weighted by atomic mass is 9.88. The van der Waals surface area contributed by atoms with Crippen LogP contribution in [0, 0.1) is 10.1 Å². The number of aromatic hydroxyl groups is 1. The van der Waals surface area contributed by atoms with E-state index < -0.39 is 22.3 Å². The number of rotatable bonds is 3. The van der Waals surface area contributed by atoms with Crippen LogP contribution in [0.4, 0.5) is 11.4 Å². The second-order valence-electron chi connectivity index (χ2n) is 5.01. The Kier molecular flexibility index (Phi) is 3.53. The zero-order valence-corrected chi connectivity index (χ0v) is 12.1. The maximum Gasteiger partial charge on any atom is 0.311 e. The van der Waals surface area contributed by atoms with Crippen LogP contribution in [0.3, 0.4) is 0 Å². The van der Waals surface area contributed by atoms with E-state index in [1.807, 2.05) is 0 Å². The van der Waals surface area contributed by atoms with Crippen LogP contribution in [-0.4, -0.2) is 29.1 Å². The van der Waals surface area contributed by atoms with Gasteiger partial charge in [0.25, 0.3) is 0 Å². The number of ketones is 1. The Bertz CT molecular complexity index is 844. The summed E-state index contributed by atoms with van der Waals surface area (Å²) in [6.45, 7) is 0. The molecular formula is C16H12N2O5. The summed E-state index contributed by atoms with van der Waals surface area (Å²) in [6, 6.07) is 8.84. The summed E-state index contributed by atoms with van der Waals surface area (Å²) in [6.07, 6.45) is 1.45. The van der Waals surface area contributed by atoms with E-state index in [0.717, 1.165) is 0 Å². The van der Waals surface area contributed by atoms with Crippen molar-refractivity contribution in [2.24, 2.45) is 4.99 Å². The Hall–Kier alpha value is -3.22. The first-order chi connectivity index (χ1) is 11.0. The normalized spacial score (nSPS) is 16.0. The van der Waals surface area contributed by atoms with Crippen molar-refractivity contribution in [1.82, 2.24) is 0 Å². The van der Waals surface area contributed by atoms with E-state index in [4.69, 9.17) is 4.74 Å². The maximum atomic E-state index is 12.7. The zero-order chi connectivity index (χ0) is 16.6. The van der Waals surface area contributed by atoms with Gasteiger partial charge >= 0.3 is 5.69 Å². The molecule has 0 saturated heterocycles. The van der Waals surface area contributed by atoms with Crippen molar-refractivity contribution in [3.05, 3.63) is 57.6 Å². The van der Waals surface area contributed by atoms with Crippen molar-refractivity contribution in [2.75, 3.05) is 7.11 Å². The Morgan fingerprint density at radius 3 is 2.74 bits per heavy atom. The van der Waals surface area contributed by atoms with Crippen LogP contribution < -0.4 is 4.74 Å². The lowest BCUT2D eigenvalue weighted by Gasteiger charge is -2.18. The molecule has 1 heterocycles. The Morgan fingerprint density at radius 1 is 1.26 bits per heavy atom. The lowest BCUT2D eigenvalue weighted by Crippen LogP contribution is -2.18. The summed E-state index contributed by atoms with van der Waals surface area (Å²) in [5.74, 6) is -0.881. The van der Waals surface area contributed by atoms with Gasteiger partial charge in [0.1, 0.15) is 5.75 Å². The van der Waals surface area contributed by atoms with Crippen molar-refractivity contribution in [3.63, 3.8) is 0 Å². The number of benzene rings is 2. The molecule has 0 spiro atoms. The number of Topliss-reactive ketones (excluding diaryl/α,β-unsaturated/α-hetero) is 1. The van der Waals surface area contributed by atoms with E-state index in [2.05, 4.69) is 4.99 Å². The van der Waals surface area contributed by atoms with E-state index >= 15 is 0 Å². The fraction of sp³-hybridized carbons (Fsp3) is 0.125. The molecule has 7 heteroatoms. The van der Waals surface area contributed by atoms with Crippen LogP contribution in [0.25, 0.3) is 0 Å². The number of hydrogen-bond acceptors (Lipinski definition) is 6. The molecule has 2 aromatic rings. The molecule has 0 bridgehead atoms. The van der Waals surface area contributed by atoms with E-state index in [9.17, 15) is 20.0 Å². The Balaban J connectivity index is 2.04. The van der Waals surface area contributed by atoms with Gasteiger partial charge in [0, 0.05) is 17.8 Å². The molecule has 0 saturated carbocycles. The molecule has 1 atom stereocenters. The third-order valence-electron chi connectivity index (χ3n) is 3.67. The average molecular weight is 312 g/mol. The average Bonchev–Trinajstić information content (AvgIpc) is 2.55. The smallest absolute Gasteiger partial charge is 0.311 e. The van der Waals surface area contributed by atoms with Crippen molar-refractivity contribution in [3.8, 4) is 11.5 Å². The van der Waals surface area contributed by atoms with Crippen LogP contribution in [0.15, 0.2) is 41.4 Å². The molecule has 7 nitrogen and oxygen atoms in total. The Morgan fingerprint density at radius 2 is 2.04 bits per heavy atom. The lowest BCUT2D eigenvalue weighted by molar-refractivity contribution is -0.385. The van der Waals surface area contributed by atoms with Gasteiger partial charge in [-0.2, -0.15) is 0 Å². The molecule has 3 rings (SSSR count). The van der Waals surface area contributed by atoms with Crippen LogP contribution in [0.2, 0.25) is 0 Å². The highest BCUT2D eigenvalue weighted by molar-refractivity contribution is 6.16. The van der Waals surface area contributed by atoms with Gasteiger partial charge in [-0.15, -0.1) is 0 Å². The number of nitro benzene ring substituents is 1. The van der Waals surface area contributed by atoms with Crippen LogP contribution in [-0.2, 0) is 0 Å². The number of aliphatic imine (C=N–C) groups is 1. The second-order valence-corrected chi connectivity index (χ2v) is 5.01. The highest BCUT2D eigenvalue weighted by Gasteiger charge is 2.28. The third-order valence-corrected chi connectivity index (χ3v) is 3.67. The zero-order valence-electron chi connectivity index (χ0n) is 12.1. The minimum atomic E-state index is -0.742. The summed E-state index contributed by atoms with van der Waals surface area (Å²) in [5.41, 5.74) is 0.879. The maximum absolute atomic E-state index is 12.7. The van der Waals surface area contributed by atoms with Crippen molar-refractivity contribution in [2.45, 2.75) is 5.92 Å². The highest BCUT2D eigenvalue weighted by atomic mass is 16.6. The topological polar surface area (TPSA) is 102 Å². The first-order valence-corrected chi connectivity index (χ1v) is 6.75. The molecule has 116 valence electrons. The van der Waals surface area contributed by atoms with Crippen molar-refractivity contribution in [1.29, 1.82) is 0 Å². The minimum Gasteiger partial charge on any atom is -0.502 e. The summed E-state index contributed by atoms with van der Waals surface area (Å²) < 4.78 is 5.11. The van der Waals surface area contributed by atoms with Gasteiger partial charge in [-0.3, -0.25) is 19.9 Å². The van der Waals surface area contributed by atoms with Gasteiger partial charge < -0.3 is 9.84 Å². The van der Waals surface area contributed by atoms with Crippen LogP contribution in [0.1, 0.15) is 21.8 Å². The number of carbonyl (C=O) groups excluding carboxylic acids is 1. The van der Waals surface area contributed by atoms with E-state index in [-0.39, 0.29) is 5.78 Å². The molecule has 1 N–H and O–H groups in total. The SMILES string of the molecule is COc1ccc2c(c1)C(=O)C(c1ccc(O)c([N+](=O)[O-])c1)C=N2. The number of phenols is 1. The molecule has 2 aromatic carbocycles. The third kappa shape index (κ3) is 2.52. The predicted molar refractivity (Wildman–Crippen MR) is 83.0 cm³/mol. The number of hydrogen-bond donors (Lipinski definition) is 1. The van der Waals surface area contributed by atoms with Gasteiger partial charge in [-0.1, -0.05) is 6.07 Å². The van der Waals surface area contributed by atoms with E-state index in [1.165, 1.54) is 31.5 Å². The van der Waals surface area contributed by atoms with E-state index in [1.54, 1.807) is 18.2 Å².